The fourth-order valence-electron chi connectivity index (χ4n) is 11.3. The van der Waals surface area contributed by atoms with E-state index in [1.807, 2.05) is 0 Å². The zero-order chi connectivity index (χ0) is 27.9. The Labute approximate surface area is 236 Å². The number of carbonyl (C=O) groups is 1. The van der Waals surface area contributed by atoms with Crippen LogP contribution < -0.4 is 4.90 Å². The van der Waals surface area contributed by atoms with Crippen molar-refractivity contribution in [2.24, 2.45) is 46.3 Å². The Morgan fingerprint density at radius 1 is 1.00 bits per heavy atom. The van der Waals surface area contributed by atoms with Crippen molar-refractivity contribution in [2.75, 3.05) is 4.90 Å². The third kappa shape index (κ3) is 4.33. The first kappa shape index (κ1) is 27.8. The lowest BCUT2D eigenvalue weighted by Crippen LogP contribution is -2.58. The molecule has 0 radical (unpaired) electrons. The van der Waals surface area contributed by atoms with Gasteiger partial charge in [-0.1, -0.05) is 38.5 Å². The molecule has 6 rings (SSSR count). The van der Waals surface area contributed by atoms with E-state index in [4.69, 9.17) is 0 Å². The standard InChI is InChI=1S/C35H53NO3/c1-21-7-11-29-23(17-21)20-33(3,4)36(29)31(39)12-8-22(2)26-9-10-27-32-28(14-16-35(26,27)6)34(5)15-13-25(37)18-24(34)19-30(32)38/h7,11,17,22,24-28,30,32,37-38H,8-10,12-16,18-20H2,1-6H3/t22-,24+,25-,26-,27+,28+,30+,32+,34+,35-/m1/s1. The number of hydrogen-bond donors (Lipinski definition) is 2. The molecular formula is C35H53NO3. The lowest BCUT2D eigenvalue weighted by molar-refractivity contribution is -0.174. The van der Waals surface area contributed by atoms with Crippen LogP contribution in [0.2, 0.25) is 0 Å². The second-order valence-electron chi connectivity index (χ2n) is 15.8. The van der Waals surface area contributed by atoms with Gasteiger partial charge in [-0.25, -0.2) is 0 Å². The van der Waals surface area contributed by atoms with E-state index in [-0.39, 0.29) is 34.5 Å². The molecule has 0 unspecified atom stereocenters. The molecular weight excluding hydrogens is 482 g/mol. The van der Waals surface area contributed by atoms with Crippen LogP contribution in [0.4, 0.5) is 5.69 Å². The van der Waals surface area contributed by atoms with Crippen LogP contribution in [0, 0.1) is 53.3 Å². The molecule has 4 fully saturated rings. The van der Waals surface area contributed by atoms with Crippen molar-refractivity contribution >= 4 is 11.6 Å². The number of aliphatic hydroxyl groups is 2. The fourth-order valence-corrected chi connectivity index (χ4v) is 11.3. The average molecular weight is 536 g/mol. The first-order valence-electron chi connectivity index (χ1n) is 16.1. The minimum Gasteiger partial charge on any atom is -0.393 e. The molecule has 10 atom stereocenters. The smallest absolute Gasteiger partial charge is 0.227 e. The number of aryl methyl sites for hydroxylation is 1. The van der Waals surface area contributed by atoms with Gasteiger partial charge in [0, 0.05) is 17.6 Å². The first-order valence-corrected chi connectivity index (χ1v) is 16.1. The summed E-state index contributed by atoms with van der Waals surface area (Å²) in [7, 11) is 0. The van der Waals surface area contributed by atoms with Crippen LogP contribution in [-0.2, 0) is 11.2 Å². The molecule has 1 amide bonds. The molecule has 4 nitrogen and oxygen atoms in total. The van der Waals surface area contributed by atoms with Crippen LogP contribution in [-0.4, -0.2) is 33.9 Å². The summed E-state index contributed by atoms with van der Waals surface area (Å²) < 4.78 is 0. The second-order valence-corrected chi connectivity index (χ2v) is 15.8. The molecule has 1 aliphatic heterocycles. The molecule has 2 N–H and O–H groups in total. The van der Waals surface area contributed by atoms with Crippen molar-refractivity contribution in [3.63, 3.8) is 0 Å². The van der Waals surface area contributed by atoms with E-state index >= 15 is 0 Å². The van der Waals surface area contributed by atoms with E-state index < -0.39 is 0 Å². The molecule has 1 heterocycles. The number of carbonyl (C=O) groups excluding carboxylic acids is 1. The number of hydrogen-bond acceptors (Lipinski definition) is 3. The second kappa shape index (κ2) is 9.58. The summed E-state index contributed by atoms with van der Waals surface area (Å²) in [5, 5.41) is 21.9. The number of rotatable bonds is 4. The van der Waals surface area contributed by atoms with Crippen molar-refractivity contribution in [1.29, 1.82) is 0 Å². The molecule has 4 aliphatic carbocycles. The van der Waals surface area contributed by atoms with Crippen molar-refractivity contribution in [2.45, 2.75) is 130 Å². The Hall–Kier alpha value is -1.39. The predicted molar refractivity (Wildman–Crippen MR) is 157 cm³/mol. The molecule has 1 aromatic carbocycles. The van der Waals surface area contributed by atoms with E-state index in [2.05, 4.69) is 64.6 Å². The highest BCUT2D eigenvalue weighted by molar-refractivity contribution is 5.97. The number of aliphatic hydroxyl groups excluding tert-OH is 2. The van der Waals surface area contributed by atoms with E-state index in [1.165, 1.54) is 36.8 Å². The summed E-state index contributed by atoms with van der Waals surface area (Å²) in [4.78, 5) is 15.8. The van der Waals surface area contributed by atoms with Gasteiger partial charge in [0.15, 0.2) is 0 Å². The van der Waals surface area contributed by atoms with Gasteiger partial charge in [-0.3, -0.25) is 4.79 Å². The largest absolute Gasteiger partial charge is 0.393 e. The Balaban J connectivity index is 1.15. The molecule has 0 aromatic heterocycles. The predicted octanol–water partition coefficient (Wildman–Crippen LogP) is 7.07. The van der Waals surface area contributed by atoms with Crippen molar-refractivity contribution in [3.05, 3.63) is 29.3 Å². The number of benzene rings is 1. The fraction of sp³-hybridized carbons (Fsp3) is 0.800. The molecule has 5 aliphatic rings. The maximum absolute atomic E-state index is 13.7. The molecule has 0 saturated heterocycles. The van der Waals surface area contributed by atoms with Gasteiger partial charge in [-0.15, -0.1) is 0 Å². The maximum atomic E-state index is 13.7. The Morgan fingerprint density at radius 3 is 2.49 bits per heavy atom. The number of nitrogens with zero attached hydrogens (tertiary/aromatic N) is 1. The van der Waals surface area contributed by atoms with Crippen LogP contribution in [0.15, 0.2) is 18.2 Å². The molecule has 0 bridgehead atoms. The first-order chi connectivity index (χ1) is 18.3. The van der Waals surface area contributed by atoms with Crippen molar-refractivity contribution in [3.8, 4) is 0 Å². The normalized spacial score (nSPS) is 43.3. The third-order valence-electron chi connectivity index (χ3n) is 13.2. The van der Waals surface area contributed by atoms with Gasteiger partial charge in [-0.2, -0.15) is 0 Å². The number of amides is 1. The molecule has 39 heavy (non-hydrogen) atoms. The van der Waals surface area contributed by atoms with Gasteiger partial charge < -0.3 is 15.1 Å². The number of anilines is 1. The molecule has 216 valence electrons. The average Bonchev–Trinajstić information content (AvgIpc) is 3.35. The molecule has 1 aromatic rings. The van der Waals surface area contributed by atoms with Crippen LogP contribution >= 0.6 is 0 Å². The Morgan fingerprint density at radius 2 is 1.72 bits per heavy atom. The highest BCUT2D eigenvalue weighted by Gasteiger charge is 2.62. The lowest BCUT2D eigenvalue weighted by Gasteiger charge is -2.62. The van der Waals surface area contributed by atoms with Gasteiger partial charge in [0.2, 0.25) is 5.91 Å². The highest BCUT2D eigenvalue weighted by Crippen LogP contribution is 2.68. The van der Waals surface area contributed by atoms with Crippen LogP contribution in [0.3, 0.4) is 0 Å². The van der Waals surface area contributed by atoms with Gasteiger partial charge in [0.25, 0.3) is 0 Å². The topological polar surface area (TPSA) is 60.8 Å². The van der Waals surface area contributed by atoms with Gasteiger partial charge in [0.1, 0.15) is 0 Å². The van der Waals surface area contributed by atoms with Gasteiger partial charge >= 0.3 is 0 Å². The zero-order valence-electron chi connectivity index (χ0n) is 25.4. The van der Waals surface area contributed by atoms with E-state index in [0.29, 0.717) is 41.9 Å². The van der Waals surface area contributed by atoms with Crippen LogP contribution in [0.1, 0.15) is 110 Å². The third-order valence-corrected chi connectivity index (χ3v) is 13.2. The highest BCUT2D eigenvalue weighted by atomic mass is 16.3. The lowest BCUT2D eigenvalue weighted by atomic mass is 9.43. The van der Waals surface area contributed by atoms with Crippen LogP contribution in [0.5, 0.6) is 0 Å². The minimum atomic E-state index is -0.222. The zero-order valence-corrected chi connectivity index (χ0v) is 25.4. The van der Waals surface area contributed by atoms with Crippen molar-refractivity contribution in [1.82, 2.24) is 0 Å². The molecule has 4 saturated carbocycles. The minimum absolute atomic E-state index is 0.167. The number of fused-ring (bicyclic) bond motifs is 6. The monoisotopic (exact) mass is 535 g/mol. The summed E-state index contributed by atoms with van der Waals surface area (Å²) in [6.07, 6.45) is 10.8. The Kier molecular flexibility index (Phi) is 6.82. The maximum Gasteiger partial charge on any atom is 0.227 e. The van der Waals surface area contributed by atoms with E-state index in [1.54, 1.807) is 0 Å². The quantitative estimate of drug-likeness (QED) is 0.433. The summed E-state index contributed by atoms with van der Waals surface area (Å²) in [6, 6.07) is 6.53. The van der Waals surface area contributed by atoms with Gasteiger partial charge in [-0.05, 0) is 143 Å². The Bertz CT molecular complexity index is 1110. The molecule has 0 spiro atoms. The van der Waals surface area contributed by atoms with Crippen molar-refractivity contribution < 1.29 is 15.0 Å². The summed E-state index contributed by atoms with van der Waals surface area (Å²) in [6.45, 7) is 14.0. The SMILES string of the molecule is Cc1ccc2c(c1)CC(C)(C)N2C(=O)CC[C@@H](C)[C@H]1CC[C@H]2[C@@H]3[C@@H](O)C[C@@H]4C[C@H](O)CC[C@]4(C)[C@H]3CC[C@]12C. The summed E-state index contributed by atoms with van der Waals surface area (Å²) in [5.74, 6) is 3.47. The van der Waals surface area contributed by atoms with Crippen LogP contribution in [0.25, 0.3) is 0 Å². The van der Waals surface area contributed by atoms with E-state index in [0.717, 1.165) is 44.2 Å². The summed E-state index contributed by atoms with van der Waals surface area (Å²) >= 11 is 0. The summed E-state index contributed by atoms with van der Waals surface area (Å²) in [5.41, 5.74) is 4.05. The molecule has 4 heteroatoms. The van der Waals surface area contributed by atoms with Gasteiger partial charge in [0.05, 0.1) is 12.2 Å². The van der Waals surface area contributed by atoms with E-state index in [9.17, 15) is 15.0 Å².